The summed E-state index contributed by atoms with van der Waals surface area (Å²) in [4.78, 5) is 2.61. The van der Waals surface area contributed by atoms with Crippen LogP contribution in [0.4, 0.5) is 5.82 Å². The molecule has 5 heterocycles. The molecule has 0 saturated carbocycles. The van der Waals surface area contributed by atoms with Gasteiger partial charge in [-0.3, -0.25) is 0 Å². The van der Waals surface area contributed by atoms with E-state index in [1.54, 1.807) is 16.5 Å². The summed E-state index contributed by atoms with van der Waals surface area (Å²) in [5.74, 6) is 3.06. The number of anilines is 1. The molecule has 1 aromatic carbocycles. The predicted octanol–water partition coefficient (Wildman–Crippen LogP) is 3.34. The Labute approximate surface area is 132 Å². The van der Waals surface area contributed by atoms with Crippen LogP contribution in [0.15, 0.2) is 18.2 Å². The van der Waals surface area contributed by atoms with Gasteiger partial charge in [0.1, 0.15) is 5.82 Å². The van der Waals surface area contributed by atoms with Crippen LogP contribution in [0.3, 0.4) is 0 Å². The van der Waals surface area contributed by atoms with Gasteiger partial charge in [-0.25, -0.2) is 0 Å². The quantitative estimate of drug-likeness (QED) is 0.870. The third-order valence-electron chi connectivity index (χ3n) is 6.24. The zero-order valence-electron chi connectivity index (χ0n) is 13.4. The van der Waals surface area contributed by atoms with Crippen molar-refractivity contribution < 1.29 is 0 Å². The largest absolute Gasteiger partial charge is 0.358 e. The van der Waals surface area contributed by atoms with Crippen LogP contribution in [0.25, 0.3) is 10.9 Å². The maximum absolute atomic E-state index is 3.49. The molecule has 0 spiro atoms. The Kier molecular flexibility index (Phi) is 2.81. The van der Waals surface area contributed by atoms with Gasteiger partial charge in [-0.15, -0.1) is 0 Å². The Bertz CT molecular complexity index is 716. The summed E-state index contributed by atoms with van der Waals surface area (Å²) in [5.41, 5.74) is 4.66. The summed E-state index contributed by atoms with van der Waals surface area (Å²) < 4.78 is 2.45. The van der Waals surface area contributed by atoms with Crippen molar-refractivity contribution in [1.82, 2.24) is 9.88 Å². The maximum Gasteiger partial charge on any atom is 0.112 e. The molecule has 4 aliphatic rings. The van der Waals surface area contributed by atoms with E-state index in [1.165, 1.54) is 63.2 Å². The molecule has 4 aliphatic heterocycles. The Hall–Kier alpha value is -1.48. The Morgan fingerprint density at radius 3 is 2.55 bits per heavy atom. The molecule has 0 amide bonds. The van der Waals surface area contributed by atoms with E-state index >= 15 is 0 Å². The number of nitrogens with zero attached hydrogens (tertiary/aromatic N) is 2. The van der Waals surface area contributed by atoms with Crippen molar-refractivity contribution >= 4 is 16.7 Å². The van der Waals surface area contributed by atoms with E-state index in [2.05, 4.69) is 40.0 Å². The molecule has 22 heavy (non-hydrogen) atoms. The van der Waals surface area contributed by atoms with Gasteiger partial charge in [0, 0.05) is 36.6 Å². The number of benzene rings is 1. The van der Waals surface area contributed by atoms with Crippen molar-refractivity contribution in [1.29, 1.82) is 0 Å². The Balaban J connectivity index is 1.68. The highest BCUT2D eigenvalue weighted by atomic mass is 15.3. The molecular formula is C19H25N3. The normalized spacial score (nSPS) is 22.5. The molecule has 1 N–H and O–H groups in total. The Morgan fingerprint density at radius 1 is 1.00 bits per heavy atom. The molecule has 0 aliphatic carbocycles. The highest BCUT2D eigenvalue weighted by Crippen LogP contribution is 2.47. The third kappa shape index (κ3) is 1.72. The molecule has 1 aromatic heterocycles. The summed E-state index contributed by atoms with van der Waals surface area (Å²) in [6, 6.07) is 7.30. The van der Waals surface area contributed by atoms with Gasteiger partial charge in [-0.1, -0.05) is 6.07 Å². The number of aromatic nitrogens is 1. The summed E-state index contributed by atoms with van der Waals surface area (Å²) in [5, 5.41) is 5.03. The van der Waals surface area contributed by atoms with E-state index in [0.717, 1.165) is 11.8 Å². The maximum atomic E-state index is 3.49. The molecule has 2 fully saturated rings. The molecule has 0 radical (unpaired) electrons. The van der Waals surface area contributed by atoms with E-state index in [0.29, 0.717) is 0 Å². The fraction of sp³-hybridized carbons (Fsp3) is 0.579. The fourth-order valence-electron chi connectivity index (χ4n) is 5.05. The summed E-state index contributed by atoms with van der Waals surface area (Å²) in [7, 11) is 2.26. The number of fused-ring (bicyclic) bond motifs is 3. The lowest BCUT2D eigenvalue weighted by Crippen LogP contribution is -2.39. The first kappa shape index (κ1) is 13.0. The van der Waals surface area contributed by atoms with Crippen molar-refractivity contribution in [2.45, 2.75) is 37.5 Å². The van der Waals surface area contributed by atoms with Gasteiger partial charge >= 0.3 is 0 Å². The Morgan fingerprint density at radius 2 is 1.77 bits per heavy atom. The van der Waals surface area contributed by atoms with E-state index in [1.807, 2.05) is 0 Å². The van der Waals surface area contributed by atoms with Crippen LogP contribution in [0.5, 0.6) is 0 Å². The van der Waals surface area contributed by atoms with Crippen LogP contribution in [-0.2, 0) is 7.05 Å². The first-order chi connectivity index (χ1) is 10.8. The highest BCUT2D eigenvalue weighted by molar-refractivity contribution is 5.92. The highest BCUT2D eigenvalue weighted by Gasteiger charge is 2.35. The van der Waals surface area contributed by atoms with Crippen LogP contribution < -0.4 is 10.2 Å². The van der Waals surface area contributed by atoms with Crippen LogP contribution in [0.2, 0.25) is 0 Å². The molecule has 2 bridgehead atoms. The van der Waals surface area contributed by atoms with Crippen molar-refractivity contribution in [2.24, 2.45) is 7.05 Å². The van der Waals surface area contributed by atoms with Gasteiger partial charge in [-0.05, 0) is 68.3 Å². The van der Waals surface area contributed by atoms with Crippen molar-refractivity contribution in [3.8, 4) is 0 Å². The molecule has 3 heteroatoms. The lowest BCUT2D eigenvalue weighted by Gasteiger charge is -2.41. The average molecular weight is 295 g/mol. The topological polar surface area (TPSA) is 20.2 Å². The van der Waals surface area contributed by atoms with Crippen molar-refractivity contribution in [3.63, 3.8) is 0 Å². The molecule has 0 atom stereocenters. The molecule has 3 nitrogen and oxygen atoms in total. The summed E-state index contributed by atoms with van der Waals surface area (Å²) in [6.45, 7) is 4.85. The molecule has 6 rings (SSSR count). The fourth-order valence-corrected chi connectivity index (χ4v) is 5.05. The number of nitrogens with one attached hydrogen (secondary N) is 1. The van der Waals surface area contributed by atoms with E-state index in [4.69, 9.17) is 0 Å². The molecule has 2 saturated heterocycles. The SMILES string of the molecule is Cn1c2c(c3cc(C4CCNCC4)ccc31)C1CCN2CC1. The second kappa shape index (κ2) is 4.76. The van der Waals surface area contributed by atoms with E-state index in [-0.39, 0.29) is 0 Å². The molecule has 2 aromatic rings. The number of aryl methyl sites for hydroxylation is 1. The van der Waals surface area contributed by atoms with Gasteiger partial charge in [0.05, 0.1) is 0 Å². The number of piperidine rings is 2. The van der Waals surface area contributed by atoms with Gasteiger partial charge < -0.3 is 14.8 Å². The summed E-state index contributed by atoms with van der Waals surface area (Å²) >= 11 is 0. The second-order valence-electron chi connectivity index (χ2n) is 7.36. The van der Waals surface area contributed by atoms with Crippen molar-refractivity contribution in [3.05, 3.63) is 29.3 Å². The molecule has 0 unspecified atom stereocenters. The number of hydrogen-bond donors (Lipinski definition) is 1. The number of rotatable bonds is 1. The molecular weight excluding hydrogens is 270 g/mol. The average Bonchev–Trinajstić information content (AvgIpc) is 2.92. The van der Waals surface area contributed by atoms with E-state index < -0.39 is 0 Å². The van der Waals surface area contributed by atoms with Crippen LogP contribution in [-0.4, -0.2) is 30.7 Å². The van der Waals surface area contributed by atoms with Gasteiger partial charge in [0.15, 0.2) is 0 Å². The van der Waals surface area contributed by atoms with Crippen LogP contribution in [0, 0.1) is 0 Å². The second-order valence-corrected chi connectivity index (χ2v) is 7.36. The summed E-state index contributed by atoms with van der Waals surface area (Å²) in [6.07, 6.45) is 5.28. The smallest absolute Gasteiger partial charge is 0.112 e. The minimum absolute atomic E-state index is 0.752. The van der Waals surface area contributed by atoms with E-state index in [9.17, 15) is 0 Å². The standard InChI is InChI=1S/C19H25N3/c1-21-17-3-2-15(13-4-8-20-9-5-13)12-16(17)18-14-6-10-22(11-7-14)19(18)21/h2-3,12-14,20H,4-11H2,1H3. The molecule has 116 valence electrons. The minimum Gasteiger partial charge on any atom is -0.358 e. The van der Waals surface area contributed by atoms with Gasteiger partial charge in [0.25, 0.3) is 0 Å². The zero-order valence-corrected chi connectivity index (χ0v) is 13.4. The van der Waals surface area contributed by atoms with Gasteiger partial charge in [0.2, 0.25) is 0 Å². The third-order valence-corrected chi connectivity index (χ3v) is 6.24. The minimum atomic E-state index is 0.752. The number of hydrogen-bond acceptors (Lipinski definition) is 2. The predicted molar refractivity (Wildman–Crippen MR) is 92.0 cm³/mol. The lowest BCUT2D eigenvalue weighted by atomic mass is 9.83. The lowest BCUT2D eigenvalue weighted by molar-refractivity contribution is 0.460. The van der Waals surface area contributed by atoms with Gasteiger partial charge in [-0.2, -0.15) is 0 Å². The zero-order chi connectivity index (χ0) is 14.7. The first-order valence-corrected chi connectivity index (χ1v) is 8.91. The van der Waals surface area contributed by atoms with Crippen molar-refractivity contribution in [2.75, 3.05) is 31.1 Å². The van der Waals surface area contributed by atoms with Crippen LogP contribution >= 0.6 is 0 Å². The monoisotopic (exact) mass is 295 g/mol. The first-order valence-electron chi connectivity index (χ1n) is 8.91. The van der Waals surface area contributed by atoms with Crippen LogP contribution in [0.1, 0.15) is 48.6 Å².